The van der Waals surface area contributed by atoms with E-state index >= 15 is 0 Å². The monoisotopic (exact) mass is 255 g/mol. The minimum absolute atomic E-state index is 0.0592. The van der Waals surface area contributed by atoms with Crippen LogP contribution >= 0.6 is 11.6 Å². The van der Waals surface area contributed by atoms with E-state index in [1.54, 1.807) is 0 Å². The average Bonchev–Trinajstić information content (AvgIpc) is 2.23. The third-order valence-electron chi connectivity index (χ3n) is 2.61. The molecular formula is C14H22ClNO. The molecule has 96 valence electrons. The normalized spacial score (nSPS) is 13.7. The van der Waals surface area contributed by atoms with E-state index in [1.807, 2.05) is 24.3 Å². The molecule has 0 aliphatic rings. The lowest BCUT2D eigenvalue weighted by molar-refractivity contribution is 0.0422. The van der Waals surface area contributed by atoms with Gasteiger partial charge in [-0.25, -0.2) is 0 Å². The highest BCUT2D eigenvalue weighted by molar-refractivity contribution is 6.30. The van der Waals surface area contributed by atoms with E-state index in [-0.39, 0.29) is 11.5 Å². The predicted molar refractivity (Wildman–Crippen MR) is 73.3 cm³/mol. The molecule has 0 radical (unpaired) electrons. The molecule has 0 aromatic heterocycles. The zero-order valence-electron chi connectivity index (χ0n) is 10.9. The first kappa shape index (κ1) is 14.5. The van der Waals surface area contributed by atoms with Crippen LogP contribution in [0.2, 0.25) is 5.02 Å². The van der Waals surface area contributed by atoms with Crippen LogP contribution in [0.15, 0.2) is 24.3 Å². The van der Waals surface area contributed by atoms with Crippen LogP contribution in [0.3, 0.4) is 0 Å². The Balaban J connectivity index is 2.54. The van der Waals surface area contributed by atoms with Gasteiger partial charge in [-0.15, -0.1) is 0 Å². The average molecular weight is 256 g/mol. The highest BCUT2D eigenvalue weighted by atomic mass is 35.5. The summed E-state index contributed by atoms with van der Waals surface area (Å²) in [5.41, 5.74) is 7.07. The number of halogens is 1. The van der Waals surface area contributed by atoms with Gasteiger partial charge in [0.25, 0.3) is 0 Å². The molecule has 3 heteroatoms. The van der Waals surface area contributed by atoms with Gasteiger partial charge >= 0.3 is 0 Å². The largest absolute Gasteiger partial charge is 0.372 e. The Hall–Kier alpha value is -0.570. The van der Waals surface area contributed by atoms with Crippen molar-refractivity contribution in [3.63, 3.8) is 0 Å². The minimum Gasteiger partial charge on any atom is -0.372 e. The van der Waals surface area contributed by atoms with Crippen molar-refractivity contribution in [2.75, 3.05) is 13.2 Å². The summed E-state index contributed by atoms with van der Waals surface area (Å²) >= 11 is 5.96. The van der Waals surface area contributed by atoms with E-state index in [9.17, 15) is 0 Å². The molecule has 0 saturated carbocycles. The van der Waals surface area contributed by atoms with Crippen molar-refractivity contribution in [3.8, 4) is 0 Å². The maximum absolute atomic E-state index is 5.96. The first-order chi connectivity index (χ1) is 7.92. The van der Waals surface area contributed by atoms with E-state index in [1.165, 1.54) is 0 Å². The summed E-state index contributed by atoms with van der Waals surface area (Å²) in [6.07, 6.45) is 0.959. The van der Waals surface area contributed by atoms with Crippen LogP contribution in [0.4, 0.5) is 0 Å². The van der Waals surface area contributed by atoms with Gasteiger partial charge in [-0.1, -0.05) is 44.5 Å². The fraction of sp³-hybridized carbons (Fsp3) is 0.571. The van der Waals surface area contributed by atoms with Crippen LogP contribution in [-0.4, -0.2) is 13.2 Å². The summed E-state index contributed by atoms with van der Waals surface area (Å²) < 4.78 is 5.82. The zero-order valence-corrected chi connectivity index (χ0v) is 11.6. The molecule has 0 saturated heterocycles. The van der Waals surface area contributed by atoms with Gasteiger partial charge in [0.15, 0.2) is 0 Å². The molecular weight excluding hydrogens is 234 g/mol. The maximum atomic E-state index is 5.96. The molecule has 2 N–H and O–H groups in total. The Morgan fingerprint density at radius 3 is 2.59 bits per heavy atom. The third kappa shape index (κ3) is 5.53. The van der Waals surface area contributed by atoms with Crippen molar-refractivity contribution in [1.82, 2.24) is 0 Å². The van der Waals surface area contributed by atoms with Gasteiger partial charge in [0, 0.05) is 18.2 Å². The minimum atomic E-state index is -0.0592. The van der Waals surface area contributed by atoms with Gasteiger partial charge in [0.1, 0.15) is 0 Å². The molecule has 1 aromatic carbocycles. The lowest BCUT2D eigenvalue weighted by Crippen LogP contribution is -2.18. The molecule has 1 aromatic rings. The second kappa shape index (κ2) is 6.39. The number of nitrogens with two attached hydrogens (primary N) is 1. The molecule has 1 atom stereocenters. The van der Waals surface area contributed by atoms with Crippen molar-refractivity contribution in [1.29, 1.82) is 0 Å². The lowest BCUT2D eigenvalue weighted by atomic mass is 9.93. The van der Waals surface area contributed by atoms with Crippen molar-refractivity contribution >= 4 is 11.6 Å². The molecule has 0 aliphatic carbocycles. The van der Waals surface area contributed by atoms with Crippen molar-refractivity contribution < 1.29 is 4.74 Å². The van der Waals surface area contributed by atoms with Crippen LogP contribution in [-0.2, 0) is 4.74 Å². The summed E-state index contributed by atoms with van der Waals surface area (Å²) in [5, 5.41) is 0.723. The molecule has 2 nitrogen and oxygen atoms in total. The summed E-state index contributed by atoms with van der Waals surface area (Å²) in [7, 11) is 0. The molecule has 0 spiro atoms. The molecule has 0 heterocycles. The lowest BCUT2D eigenvalue weighted by Gasteiger charge is -2.21. The van der Waals surface area contributed by atoms with Gasteiger partial charge in [-0.2, -0.15) is 0 Å². The summed E-state index contributed by atoms with van der Waals surface area (Å²) in [6, 6.07) is 7.69. The molecule has 17 heavy (non-hydrogen) atoms. The molecule has 1 unspecified atom stereocenters. The molecule has 0 bridgehead atoms. The van der Waals surface area contributed by atoms with Gasteiger partial charge in [0.2, 0.25) is 0 Å². The number of ether oxygens (including phenoxy) is 1. The smallest absolute Gasteiger partial charge is 0.0947 e. The van der Waals surface area contributed by atoms with E-state index in [0.717, 1.165) is 23.6 Å². The summed E-state index contributed by atoms with van der Waals surface area (Å²) in [6.45, 7) is 7.80. The zero-order chi connectivity index (χ0) is 12.9. The van der Waals surface area contributed by atoms with Crippen molar-refractivity contribution in [2.24, 2.45) is 11.1 Å². The van der Waals surface area contributed by atoms with Crippen LogP contribution in [0.25, 0.3) is 0 Å². The van der Waals surface area contributed by atoms with E-state index in [4.69, 9.17) is 22.1 Å². The highest BCUT2D eigenvalue weighted by Crippen LogP contribution is 2.23. The second-order valence-corrected chi connectivity index (χ2v) is 5.90. The number of hydrogen-bond acceptors (Lipinski definition) is 2. The molecule has 0 fully saturated rings. The number of hydrogen-bond donors (Lipinski definition) is 1. The van der Waals surface area contributed by atoms with E-state index in [0.29, 0.717) is 6.54 Å². The van der Waals surface area contributed by atoms with Gasteiger partial charge in [-0.05, 0) is 29.5 Å². The fourth-order valence-electron chi connectivity index (χ4n) is 1.51. The van der Waals surface area contributed by atoms with E-state index < -0.39 is 0 Å². The highest BCUT2D eigenvalue weighted by Gasteiger charge is 2.14. The Morgan fingerprint density at radius 1 is 1.35 bits per heavy atom. The predicted octanol–water partition coefficient (Wildman–Crippen LogP) is 3.79. The Morgan fingerprint density at radius 2 is 2.06 bits per heavy atom. The van der Waals surface area contributed by atoms with Crippen LogP contribution in [0.5, 0.6) is 0 Å². The number of benzene rings is 1. The van der Waals surface area contributed by atoms with E-state index in [2.05, 4.69) is 20.8 Å². The van der Waals surface area contributed by atoms with Crippen LogP contribution < -0.4 is 5.73 Å². The molecule has 0 amide bonds. The molecule has 0 aliphatic heterocycles. The quantitative estimate of drug-likeness (QED) is 0.869. The maximum Gasteiger partial charge on any atom is 0.0947 e. The fourth-order valence-corrected chi connectivity index (χ4v) is 1.71. The molecule has 1 rings (SSSR count). The number of rotatable bonds is 5. The summed E-state index contributed by atoms with van der Waals surface area (Å²) in [5.74, 6) is 0. The van der Waals surface area contributed by atoms with Crippen molar-refractivity contribution in [2.45, 2.75) is 33.3 Å². The first-order valence-electron chi connectivity index (χ1n) is 5.99. The third-order valence-corrected chi connectivity index (χ3v) is 2.84. The second-order valence-electron chi connectivity index (χ2n) is 5.46. The van der Waals surface area contributed by atoms with Crippen LogP contribution in [0, 0.1) is 5.41 Å². The first-order valence-corrected chi connectivity index (χ1v) is 6.37. The Bertz CT molecular complexity index is 346. The van der Waals surface area contributed by atoms with Gasteiger partial charge in [0.05, 0.1) is 6.10 Å². The Kier molecular flexibility index (Phi) is 5.44. The van der Waals surface area contributed by atoms with Gasteiger partial charge < -0.3 is 10.5 Å². The standard InChI is InChI=1S/C14H22ClNO/c1-14(2,3)7-8-17-13(10-16)11-5-4-6-12(15)9-11/h4-6,9,13H,7-8,10,16H2,1-3H3. The van der Waals surface area contributed by atoms with Crippen LogP contribution in [0.1, 0.15) is 38.9 Å². The summed E-state index contributed by atoms with van der Waals surface area (Å²) in [4.78, 5) is 0. The topological polar surface area (TPSA) is 35.2 Å². The van der Waals surface area contributed by atoms with Crippen molar-refractivity contribution in [3.05, 3.63) is 34.9 Å². The Labute approximate surface area is 109 Å². The SMILES string of the molecule is CC(C)(C)CCOC(CN)c1cccc(Cl)c1. The van der Waals surface area contributed by atoms with Gasteiger partial charge in [-0.3, -0.25) is 0 Å².